The number of carbonyl (C=O) groups is 1. The summed E-state index contributed by atoms with van der Waals surface area (Å²) in [6, 6.07) is 7.38. The summed E-state index contributed by atoms with van der Waals surface area (Å²) in [5, 5.41) is 0. The number of nitrogens with two attached hydrogens (primary N) is 1. The molecule has 1 fully saturated rings. The zero-order valence-corrected chi connectivity index (χ0v) is 7.93. The summed E-state index contributed by atoms with van der Waals surface area (Å²) in [6.07, 6.45) is -0.431. The molecule has 1 atom stereocenters. The molecule has 1 amide bonds. The second kappa shape index (κ2) is 3.21. The van der Waals surface area contributed by atoms with E-state index in [0.717, 1.165) is 5.56 Å². The summed E-state index contributed by atoms with van der Waals surface area (Å²) < 4.78 is 5.15. The van der Waals surface area contributed by atoms with Gasteiger partial charge in [-0.05, 0) is 17.7 Å². The molecule has 4 heteroatoms. The van der Waals surface area contributed by atoms with Crippen LogP contribution in [-0.4, -0.2) is 24.6 Å². The molecule has 0 aromatic heterocycles. The molecule has 1 aromatic rings. The first-order valence-electron chi connectivity index (χ1n) is 4.44. The van der Waals surface area contributed by atoms with E-state index in [2.05, 4.69) is 0 Å². The van der Waals surface area contributed by atoms with Gasteiger partial charge in [0.05, 0.1) is 6.54 Å². The van der Waals surface area contributed by atoms with Crippen molar-refractivity contribution in [3.63, 3.8) is 0 Å². The van der Waals surface area contributed by atoms with Crippen LogP contribution in [0.5, 0.6) is 0 Å². The number of carbonyl (C=O) groups excluding carboxylic acids is 1. The molecule has 1 aliphatic heterocycles. The van der Waals surface area contributed by atoms with Gasteiger partial charge >= 0.3 is 6.09 Å². The van der Waals surface area contributed by atoms with Crippen molar-refractivity contribution >= 4 is 11.8 Å². The fraction of sp³-hybridized carbons (Fsp3) is 0.300. The number of likely N-dealkylation sites (N-methyl/N-ethyl adjacent to an activating group) is 1. The average molecular weight is 192 g/mol. The highest BCUT2D eigenvalue weighted by Crippen LogP contribution is 2.25. The number of hydrogen-bond acceptors (Lipinski definition) is 3. The molecule has 0 radical (unpaired) electrons. The van der Waals surface area contributed by atoms with Gasteiger partial charge in [-0.15, -0.1) is 0 Å². The number of rotatable bonds is 1. The minimum atomic E-state index is -0.271. The summed E-state index contributed by atoms with van der Waals surface area (Å²) in [5.41, 5.74) is 7.26. The van der Waals surface area contributed by atoms with Gasteiger partial charge in [-0.25, -0.2) is 4.79 Å². The Hall–Kier alpha value is -1.71. The minimum absolute atomic E-state index is 0.159. The van der Waals surface area contributed by atoms with E-state index in [-0.39, 0.29) is 12.2 Å². The van der Waals surface area contributed by atoms with Gasteiger partial charge in [0.1, 0.15) is 6.10 Å². The quantitative estimate of drug-likeness (QED) is 0.684. The van der Waals surface area contributed by atoms with E-state index < -0.39 is 0 Å². The van der Waals surface area contributed by atoms with Crippen molar-refractivity contribution in [2.75, 3.05) is 19.3 Å². The number of anilines is 1. The zero-order valence-electron chi connectivity index (χ0n) is 7.93. The molecule has 0 aliphatic carbocycles. The second-order valence-corrected chi connectivity index (χ2v) is 3.42. The molecule has 2 rings (SSSR count). The highest BCUT2D eigenvalue weighted by Gasteiger charge is 2.29. The summed E-state index contributed by atoms with van der Waals surface area (Å²) in [4.78, 5) is 12.7. The normalized spacial score (nSPS) is 21.1. The van der Waals surface area contributed by atoms with Gasteiger partial charge in [-0.3, -0.25) is 0 Å². The van der Waals surface area contributed by atoms with Crippen molar-refractivity contribution in [2.45, 2.75) is 6.10 Å². The number of nitrogen functional groups attached to an aromatic ring is 1. The van der Waals surface area contributed by atoms with Gasteiger partial charge in [0.25, 0.3) is 0 Å². The van der Waals surface area contributed by atoms with Crippen LogP contribution in [-0.2, 0) is 4.74 Å². The van der Waals surface area contributed by atoms with Crippen LogP contribution in [0.25, 0.3) is 0 Å². The van der Waals surface area contributed by atoms with Crippen LogP contribution in [0.2, 0.25) is 0 Å². The molecule has 0 saturated carbocycles. The van der Waals surface area contributed by atoms with Gasteiger partial charge < -0.3 is 15.4 Å². The van der Waals surface area contributed by atoms with Crippen molar-refractivity contribution in [3.8, 4) is 0 Å². The zero-order chi connectivity index (χ0) is 10.1. The number of hydrogen-bond donors (Lipinski definition) is 1. The molecule has 4 nitrogen and oxygen atoms in total. The summed E-state index contributed by atoms with van der Waals surface area (Å²) in [6.45, 7) is 0.600. The van der Waals surface area contributed by atoms with E-state index in [1.807, 2.05) is 24.3 Å². The second-order valence-electron chi connectivity index (χ2n) is 3.42. The molecule has 1 unspecified atom stereocenters. The van der Waals surface area contributed by atoms with Crippen LogP contribution in [0.15, 0.2) is 24.3 Å². The van der Waals surface area contributed by atoms with Crippen LogP contribution in [0.3, 0.4) is 0 Å². The van der Waals surface area contributed by atoms with Crippen molar-refractivity contribution < 1.29 is 9.53 Å². The standard InChI is InChI=1S/C10H12N2O2/c1-12-6-9(14-10(12)13)7-2-4-8(11)5-3-7/h2-5,9H,6,11H2,1H3. The molecule has 0 spiro atoms. The van der Waals surface area contributed by atoms with Crippen molar-refractivity contribution in [2.24, 2.45) is 0 Å². The Morgan fingerprint density at radius 2 is 2.07 bits per heavy atom. The van der Waals surface area contributed by atoms with Crippen LogP contribution in [0.4, 0.5) is 10.5 Å². The third-order valence-corrected chi connectivity index (χ3v) is 2.30. The first-order valence-corrected chi connectivity index (χ1v) is 4.44. The number of benzene rings is 1. The third kappa shape index (κ3) is 1.51. The van der Waals surface area contributed by atoms with E-state index in [4.69, 9.17) is 10.5 Å². The van der Waals surface area contributed by atoms with Gasteiger partial charge in [0, 0.05) is 12.7 Å². The topological polar surface area (TPSA) is 55.6 Å². The first kappa shape index (κ1) is 8.87. The van der Waals surface area contributed by atoms with Crippen LogP contribution < -0.4 is 5.73 Å². The van der Waals surface area contributed by atoms with Crippen molar-refractivity contribution in [1.29, 1.82) is 0 Å². The number of amides is 1. The molecular weight excluding hydrogens is 180 g/mol. The summed E-state index contributed by atoms with van der Waals surface area (Å²) in [5.74, 6) is 0. The molecule has 0 bridgehead atoms. The van der Waals surface area contributed by atoms with E-state index in [1.54, 1.807) is 11.9 Å². The Bertz CT molecular complexity index is 348. The molecule has 2 N–H and O–H groups in total. The lowest BCUT2D eigenvalue weighted by atomic mass is 10.1. The maximum atomic E-state index is 11.1. The summed E-state index contributed by atoms with van der Waals surface area (Å²) >= 11 is 0. The van der Waals surface area contributed by atoms with E-state index in [0.29, 0.717) is 12.2 Å². The Balaban J connectivity index is 2.17. The molecular formula is C10H12N2O2. The fourth-order valence-corrected chi connectivity index (χ4v) is 1.46. The molecule has 1 saturated heterocycles. The van der Waals surface area contributed by atoms with Crippen molar-refractivity contribution in [3.05, 3.63) is 29.8 Å². The van der Waals surface area contributed by atoms with Crippen molar-refractivity contribution in [1.82, 2.24) is 4.90 Å². The number of nitrogens with zero attached hydrogens (tertiary/aromatic N) is 1. The van der Waals surface area contributed by atoms with Gasteiger partial charge in [0.2, 0.25) is 0 Å². The Morgan fingerprint density at radius 1 is 1.43 bits per heavy atom. The lowest BCUT2D eigenvalue weighted by Gasteiger charge is -2.07. The third-order valence-electron chi connectivity index (χ3n) is 2.30. The predicted molar refractivity (Wildman–Crippen MR) is 52.7 cm³/mol. The molecule has 74 valence electrons. The largest absolute Gasteiger partial charge is 0.439 e. The molecule has 1 heterocycles. The monoisotopic (exact) mass is 192 g/mol. The first-order chi connectivity index (χ1) is 6.66. The molecule has 1 aliphatic rings. The predicted octanol–water partition coefficient (Wildman–Crippen LogP) is 1.39. The Labute approximate surface area is 82.3 Å². The summed E-state index contributed by atoms with van der Waals surface area (Å²) in [7, 11) is 1.72. The van der Waals surface area contributed by atoms with Gasteiger partial charge in [-0.1, -0.05) is 12.1 Å². The van der Waals surface area contributed by atoms with E-state index in [1.165, 1.54) is 0 Å². The van der Waals surface area contributed by atoms with Crippen LogP contribution >= 0.6 is 0 Å². The molecule has 1 aromatic carbocycles. The Kier molecular flexibility index (Phi) is 2.04. The Morgan fingerprint density at radius 3 is 2.57 bits per heavy atom. The average Bonchev–Trinajstić information content (AvgIpc) is 2.48. The van der Waals surface area contributed by atoms with E-state index >= 15 is 0 Å². The van der Waals surface area contributed by atoms with Crippen LogP contribution in [0, 0.1) is 0 Å². The molecule has 14 heavy (non-hydrogen) atoms. The van der Waals surface area contributed by atoms with E-state index in [9.17, 15) is 4.79 Å². The minimum Gasteiger partial charge on any atom is -0.439 e. The van der Waals surface area contributed by atoms with Gasteiger partial charge in [-0.2, -0.15) is 0 Å². The lowest BCUT2D eigenvalue weighted by Crippen LogP contribution is -2.17. The lowest BCUT2D eigenvalue weighted by molar-refractivity contribution is 0.135. The highest BCUT2D eigenvalue weighted by atomic mass is 16.6. The fourth-order valence-electron chi connectivity index (χ4n) is 1.46. The number of cyclic esters (lactones) is 1. The van der Waals surface area contributed by atoms with Gasteiger partial charge in [0.15, 0.2) is 0 Å². The van der Waals surface area contributed by atoms with Crippen LogP contribution in [0.1, 0.15) is 11.7 Å². The SMILES string of the molecule is CN1CC(c2ccc(N)cc2)OC1=O. The highest BCUT2D eigenvalue weighted by molar-refractivity contribution is 5.69. The number of ether oxygens (including phenoxy) is 1. The smallest absolute Gasteiger partial charge is 0.410 e. The maximum absolute atomic E-state index is 11.1. The maximum Gasteiger partial charge on any atom is 0.410 e.